The van der Waals surface area contributed by atoms with Crippen molar-refractivity contribution in [3.63, 3.8) is 0 Å². The molecule has 1 aliphatic rings. The second-order valence-electron chi connectivity index (χ2n) is 6.04. The molecule has 0 bridgehead atoms. The average Bonchev–Trinajstić information content (AvgIpc) is 2.47. The molecule has 0 N–H and O–H groups in total. The van der Waals surface area contributed by atoms with Gasteiger partial charge in [-0.25, -0.2) is 0 Å². The molecular formula is C18H19I. The molecule has 0 fully saturated rings. The summed E-state index contributed by atoms with van der Waals surface area (Å²) in [5.74, 6) is 0. The third-order valence-electron chi connectivity index (χ3n) is 4.31. The number of hydrogen-bond acceptors (Lipinski definition) is 0. The Bertz CT molecular complexity index is 625. The molecule has 0 aromatic heterocycles. The summed E-state index contributed by atoms with van der Waals surface area (Å²) in [5, 5.41) is 0. The Morgan fingerprint density at radius 2 is 1.79 bits per heavy atom. The molecule has 98 valence electrons. The van der Waals surface area contributed by atoms with Gasteiger partial charge in [-0.05, 0) is 35.6 Å². The fraction of sp³-hybridized carbons (Fsp3) is 0.333. The molecule has 1 heteroatoms. The van der Waals surface area contributed by atoms with Gasteiger partial charge in [0, 0.05) is 9.34 Å². The van der Waals surface area contributed by atoms with Gasteiger partial charge >= 0.3 is 0 Å². The molecular weight excluding hydrogens is 343 g/mol. The lowest BCUT2D eigenvalue weighted by Crippen LogP contribution is -2.20. The first-order valence-corrected chi connectivity index (χ1v) is 8.08. The monoisotopic (exact) mass is 362 g/mol. The molecule has 0 heterocycles. The van der Waals surface area contributed by atoms with Crippen LogP contribution in [0.25, 0.3) is 0 Å². The normalized spacial score (nSPS) is 20.3. The van der Waals surface area contributed by atoms with Crippen LogP contribution in [0.3, 0.4) is 0 Å². The SMILES string of the molecule is Cc1ccc2c(c1)C(C)(C)c1ccccc1C(I)C2. The van der Waals surface area contributed by atoms with E-state index in [4.69, 9.17) is 0 Å². The predicted octanol–water partition coefficient (Wildman–Crippen LogP) is 5.35. The second kappa shape index (κ2) is 4.62. The topological polar surface area (TPSA) is 0 Å². The first-order chi connectivity index (χ1) is 9.00. The lowest BCUT2D eigenvalue weighted by atomic mass is 9.75. The van der Waals surface area contributed by atoms with Crippen LogP contribution in [0.2, 0.25) is 0 Å². The second-order valence-corrected chi connectivity index (χ2v) is 7.55. The third-order valence-corrected chi connectivity index (χ3v) is 5.42. The van der Waals surface area contributed by atoms with E-state index in [-0.39, 0.29) is 5.41 Å². The van der Waals surface area contributed by atoms with Crippen LogP contribution in [0.5, 0.6) is 0 Å². The zero-order valence-corrected chi connectivity index (χ0v) is 13.9. The lowest BCUT2D eigenvalue weighted by molar-refractivity contribution is 0.636. The smallest absolute Gasteiger partial charge is 0.0403 e. The molecule has 0 amide bonds. The van der Waals surface area contributed by atoms with E-state index in [0.29, 0.717) is 3.92 Å². The van der Waals surface area contributed by atoms with Crippen LogP contribution in [0, 0.1) is 6.92 Å². The minimum atomic E-state index is 0.0951. The molecule has 2 aromatic carbocycles. The van der Waals surface area contributed by atoms with Gasteiger partial charge in [-0.3, -0.25) is 0 Å². The van der Waals surface area contributed by atoms with Crippen molar-refractivity contribution in [1.29, 1.82) is 0 Å². The summed E-state index contributed by atoms with van der Waals surface area (Å²) in [7, 11) is 0. The van der Waals surface area contributed by atoms with Gasteiger partial charge in [0.2, 0.25) is 0 Å². The quantitative estimate of drug-likeness (QED) is 0.438. The molecule has 1 atom stereocenters. The van der Waals surface area contributed by atoms with Crippen molar-refractivity contribution < 1.29 is 0 Å². The summed E-state index contributed by atoms with van der Waals surface area (Å²) in [4.78, 5) is 0. The molecule has 1 unspecified atom stereocenters. The van der Waals surface area contributed by atoms with Crippen LogP contribution in [-0.4, -0.2) is 0 Å². The molecule has 0 aliphatic heterocycles. The van der Waals surface area contributed by atoms with E-state index in [1.807, 2.05) is 0 Å². The van der Waals surface area contributed by atoms with Crippen molar-refractivity contribution in [2.45, 2.75) is 36.5 Å². The van der Waals surface area contributed by atoms with Gasteiger partial charge in [0.15, 0.2) is 0 Å². The number of rotatable bonds is 0. The van der Waals surface area contributed by atoms with Crippen molar-refractivity contribution >= 4 is 22.6 Å². The molecule has 0 spiro atoms. The van der Waals surface area contributed by atoms with E-state index in [1.165, 1.54) is 27.8 Å². The zero-order valence-electron chi connectivity index (χ0n) is 11.7. The van der Waals surface area contributed by atoms with E-state index in [2.05, 4.69) is 85.8 Å². The number of benzene rings is 2. The van der Waals surface area contributed by atoms with Crippen molar-refractivity contribution in [2.75, 3.05) is 0 Å². The maximum Gasteiger partial charge on any atom is 0.0403 e. The minimum absolute atomic E-state index is 0.0951. The van der Waals surface area contributed by atoms with Crippen LogP contribution in [-0.2, 0) is 11.8 Å². The van der Waals surface area contributed by atoms with Crippen LogP contribution >= 0.6 is 22.6 Å². The van der Waals surface area contributed by atoms with Crippen molar-refractivity contribution in [1.82, 2.24) is 0 Å². The predicted molar refractivity (Wildman–Crippen MR) is 90.2 cm³/mol. The zero-order chi connectivity index (χ0) is 13.6. The Labute approximate surface area is 129 Å². The maximum atomic E-state index is 2.60. The van der Waals surface area contributed by atoms with Crippen LogP contribution in [0.15, 0.2) is 42.5 Å². The number of hydrogen-bond donors (Lipinski definition) is 0. The van der Waals surface area contributed by atoms with Crippen LogP contribution in [0.4, 0.5) is 0 Å². The van der Waals surface area contributed by atoms with Gasteiger partial charge in [0.1, 0.15) is 0 Å². The standard InChI is InChI=1S/C18H19I/c1-12-8-9-13-11-17(19)14-6-4-5-7-15(14)18(2,3)16(13)10-12/h4-10,17H,11H2,1-3H3. The van der Waals surface area contributed by atoms with Gasteiger partial charge < -0.3 is 0 Å². The number of aryl methyl sites for hydroxylation is 1. The summed E-state index contributed by atoms with van der Waals surface area (Å²) in [6.45, 7) is 6.91. The van der Waals surface area contributed by atoms with Gasteiger partial charge in [-0.1, -0.05) is 84.5 Å². The van der Waals surface area contributed by atoms with E-state index in [9.17, 15) is 0 Å². The van der Waals surface area contributed by atoms with Crippen molar-refractivity contribution in [2.24, 2.45) is 0 Å². The van der Waals surface area contributed by atoms with E-state index >= 15 is 0 Å². The van der Waals surface area contributed by atoms with Gasteiger partial charge in [0.25, 0.3) is 0 Å². The molecule has 2 aromatic rings. The molecule has 0 radical (unpaired) electrons. The fourth-order valence-electron chi connectivity index (χ4n) is 3.24. The minimum Gasteiger partial charge on any atom is -0.0770 e. The van der Waals surface area contributed by atoms with Crippen molar-refractivity contribution in [3.8, 4) is 0 Å². The third kappa shape index (κ3) is 2.12. The highest BCUT2D eigenvalue weighted by molar-refractivity contribution is 14.1. The molecule has 0 saturated heterocycles. The number of fused-ring (bicyclic) bond motifs is 2. The summed E-state index contributed by atoms with van der Waals surface area (Å²) in [6, 6.07) is 15.9. The van der Waals surface area contributed by atoms with Crippen molar-refractivity contribution in [3.05, 3.63) is 70.3 Å². The molecule has 3 rings (SSSR count). The first kappa shape index (κ1) is 13.2. The van der Waals surface area contributed by atoms with E-state index < -0.39 is 0 Å². The highest BCUT2D eigenvalue weighted by Gasteiger charge is 2.33. The Hall–Kier alpha value is -0.830. The Morgan fingerprint density at radius 3 is 2.58 bits per heavy atom. The molecule has 1 aliphatic carbocycles. The average molecular weight is 362 g/mol. The Balaban J connectivity index is 2.31. The van der Waals surface area contributed by atoms with E-state index in [0.717, 1.165) is 6.42 Å². The van der Waals surface area contributed by atoms with Gasteiger partial charge in [-0.2, -0.15) is 0 Å². The van der Waals surface area contributed by atoms with Crippen LogP contribution in [0.1, 0.15) is 45.6 Å². The number of halogens is 1. The fourth-order valence-corrected chi connectivity index (χ4v) is 4.26. The summed E-state index contributed by atoms with van der Waals surface area (Å²) < 4.78 is 0.567. The van der Waals surface area contributed by atoms with Gasteiger partial charge in [-0.15, -0.1) is 0 Å². The Morgan fingerprint density at radius 1 is 1.05 bits per heavy atom. The summed E-state index contributed by atoms with van der Waals surface area (Å²) in [5.41, 5.74) is 7.44. The summed E-state index contributed by atoms with van der Waals surface area (Å²) in [6.07, 6.45) is 1.14. The highest BCUT2D eigenvalue weighted by atomic mass is 127. The molecule has 19 heavy (non-hydrogen) atoms. The molecule has 0 saturated carbocycles. The molecule has 0 nitrogen and oxygen atoms in total. The van der Waals surface area contributed by atoms with Gasteiger partial charge in [0.05, 0.1) is 0 Å². The van der Waals surface area contributed by atoms with E-state index in [1.54, 1.807) is 0 Å². The van der Waals surface area contributed by atoms with Crippen LogP contribution < -0.4 is 0 Å². The summed E-state index contributed by atoms with van der Waals surface area (Å²) >= 11 is 2.60. The lowest BCUT2D eigenvalue weighted by Gasteiger charge is -2.28. The highest BCUT2D eigenvalue weighted by Crippen LogP contribution is 2.44. The largest absolute Gasteiger partial charge is 0.0770 e. The Kier molecular flexibility index (Phi) is 3.20. The number of alkyl halides is 1. The first-order valence-electron chi connectivity index (χ1n) is 6.83. The maximum absolute atomic E-state index is 2.60.